The summed E-state index contributed by atoms with van der Waals surface area (Å²) in [7, 11) is -0.351. The van der Waals surface area contributed by atoms with Crippen molar-refractivity contribution in [1.82, 2.24) is 9.71 Å². The van der Waals surface area contributed by atoms with Crippen molar-refractivity contribution in [3.8, 4) is 0 Å². The fraction of sp³-hybridized carbons (Fsp3) is 0.654. The Morgan fingerprint density at radius 3 is 2.47 bits per heavy atom. The molecule has 2 aromatic rings. The molecule has 0 bridgehead atoms. The lowest BCUT2D eigenvalue weighted by atomic mass is 10.0. The van der Waals surface area contributed by atoms with E-state index in [2.05, 4.69) is 4.72 Å². The van der Waals surface area contributed by atoms with E-state index in [1.807, 2.05) is 50.1 Å². The highest BCUT2D eigenvalue weighted by molar-refractivity contribution is 7.89. The SMILES string of the molecule is CCOC(OCC)C(O)CCNS(=O)(=O)c1cc2ccccc2nc1N(C)CC(OC)C1CCCC1. The van der Waals surface area contributed by atoms with Crippen LogP contribution in [0.15, 0.2) is 35.2 Å². The van der Waals surface area contributed by atoms with Gasteiger partial charge in [-0.25, -0.2) is 18.1 Å². The van der Waals surface area contributed by atoms with E-state index in [1.165, 1.54) is 12.8 Å². The number of nitrogens with zero attached hydrogens (tertiary/aromatic N) is 2. The number of benzene rings is 1. The predicted molar refractivity (Wildman–Crippen MR) is 141 cm³/mol. The highest BCUT2D eigenvalue weighted by Crippen LogP contribution is 2.32. The quantitative estimate of drug-likeness (QED) is 0.342. The van der Waals surface area contributed by atoms with E-state index in [4.69, 9.17) is 19.2 Å². The number of hydrogen-bond donors (Lipinski definition) is 2. The maximum atomic E-state index is 13.5. The van der Waals surface area contributed by atoms with Gasteiger partial charge in [-0.2, -0.15) is 0 Å². The molecule has 2 N–H and O–H groups in total. The Morgan fingerprint density at radius 1 is 1.17 bits per heavy atom. The van der Waals surface area contributed by atoms with Crippen molar-refractivity contribution >= 4 is 26.7 Å². The van der Waals surface area contributed by atoms with Crippen molar-refractivity contribution in [3.63, 3.8) is 0 Å². The van der Waals surface area contributed by atoms with Gasteiger partial charge in [0.15, 0.2) is 6.29 Å². The van der Waals surface area contributed by atoms with Crippen molar-refractivity contribution in [2.75, 3.05) is 45.4 Å². The molecular formula is C26H41N3O6S. The van der Waals surface area contributed by atoms with Crippen LogP contribution in [0.1, 0.15) is 46.0 Å². The summed E-state index contributed by atoms with van der Waals surface area (Å²) in [6, 6.07) is 9.12. The van der Waals surface area contributed by atoms with Crippen LogP contribution in [0.25, 0.3) is 10.9 Å². The number of hydrogen-bond acceptors (Lipinski definition) is 8. The number of para-hydroxylation sites is 1. The summed E-state index contributed by atoms with van der Waals surface area (Å²) in [4.78, 5) is 6.72. The fourth-order valence-electron chi connectivity index (χ4n) is 4.81. The largest absolute Gasteiger partial charge is 0.388 e. The van der Waals surface area contributed by atoms with E-state index in [0.717, 1.165) is 23.7 Å². The summed E-state index contributed by atoms with van der Waals surface area (Å²) in [5.74, 6) is 0.838. The molecule has 1 aliphatic rings. The fourth-order valence-corrected chi connectivity index (χ4v) is 6.08. The van der Waals surface area contributed by atoms with E-state index in [1.54, 1.807) is 13.2 Å². The first kappa shape index (κ1) is 28.7. The van der Waals surface area contributed by atoms with Crippen LogP contribution >= 0.6 is 0 Å². The maximum Gasteiger partial charge on any atom is 0.244 e. The summed E-state index contributed by atoms with van der Waals surface area (Å²) in [6.45, 7) is 4.96. The van der Waals surface area contributed by atoms with E-state index in [9.17, 15) is 13.5 Å². The standard InChI is InChI=1S/C26H41N3O6S/c1-5-34-26(35-6-2)22(30)15-16-27-36(31,32)24-17-20-13-9-10-14-21(20)28-25(24)29(3)18-23(33-4)19-11-7-8-12-19/h9-10,13-14,17,19,22-23,26-27,30H,5-8,11-12,15-16,18H2,1-4H3. The summed E-state index contributed by atoms with van der Waals surface area (Å²) in [5, 5.41) is 11.2. The van der Waals surface area contributed by atoms with Crippen LogP contribution < -0.4 is 9.62 Å². The van der Waals surface area contributed by atoms with Gasteiger partial charge in [-0.3, -0.25) is 0 Å². The van der Waals surface area contributed by atoms with Crippen molar-refractivity contribution < 1.29 is 27.7 Å². The Morgan fingerprint density at radius 2 is 1.83 bits per heavy atom. The maximum absolute atomic E-state index is 13.5. The number of ether oxygens (including phenoxy) is 3. The molecular weight excluding hydrogens is 482 g/mol. The molecule has 1 aromatic carbocycles. The Hall–Kier alpha value is -1.82. The molecule has 36 heavy (non-hydrogen) atoms. The van der Waals surface area contributed by atoms with Crippen LogP contribution in [0.5, 0.6) is 0 Å². The smallest absolute Gasteiger partial charge is 0.244 e. The average molecular weight is 524 g/mol. The number of pyridine rings is 1. The van der Waals surface area contributed by atoms with Crippen LogP contribution in [-0.2, 0) is 24.2 Å². The molecule has 1 aromatic heterocycles. The van der Waals surface area contributed by atoms with Crippen molar-refractivity contribution in [2.45, 2.75) is 69.3 Å². The van der Waals surface area contributed by atoms with Gasteiger partial charge in [0.05, 0.1) is 11.6 Å². The van der Waals surface area contributed by atoms with Crippen LogP contribution in [0, 0.1) is 5.92 Å². The zero-order chi connectivity index (χ0) is 26.1. The average Bonchev–Trinajstić information content (AvgIpc) is 3.41. The minimum atomic E-state index is -3.92. The monoisotopic (exact) mass is 523 g/mol. The molecule has 0 aliphatic heterocycles. The van der Waals surface area contributed by atoms with E-state index < -0.39 is 22.4 Å². The van der Waals surface area contributed by atoms with Gasteiger partial charge >= 0.3 is 0 Å². The van der Waals surface area contributed by atoms with Gasteiger partial charge in [0.1, 0.15) is 16.8 Å². The molecule has 0 saturated heterocycles. The lowest BCUT2D eigenvalue weighted by Crippen LogP contribution is -2.38. The van der Waals surface area contributed by atoms with Gasteiger partial charge in [0.25, 0.3) is 0 Å². The first-order chi connectivity index (χ1) is 17.3. The van der Waals surface area contributed by atoms with Gasteiger partial charge in [-0.1, -0.05) is 31.0 Å². The van der Waals surface area contributed by atoms with Gasteiger partial charge in [0.2, 0.25) is 10.0 Å². The first-order valence-corrected chi connectivity index (χ1v) is 14.3. The number of sulfonamides is 1. The number of aliphatic hydroxyl groups excluding tert-OH is 1. The molecule has 0 radical (unpaired) electrons. The number of aromatic nitrogens is 1. The number of likely N-dealkylation sites (N-methyl/N-ethyl adjacent to an activating group) is 1. The molecule has 2 unspecified atom stereocenters. The molecule has 1 heterocycles. The molecule has 2 atom stereocenters. The third-order valence-corrected chi connectivity index (χ3v) is 8.18. The second-order valence-electron chi connectivity index (χ2n) is 9.23. The molecule has 10 heteroatoms. The molecule has 0 amide bonds. The minimum Gasteiger partial charge on any atom is -0.388 e. The summed E-state index contributed by atoms with van der Waals surface area (Å²) >= 11 is 0. The van der Waals surface area contributed by atoms with Gasteiger partial charge in [0, 0.05) is 45.8 Å². The predicted octanol–water partition coefficient (Wildman–Crippen LogP) is 3.30. The van der Waals surface area contributed by atoms with Gasteiger partial charge in [-0.05, 0) is 51.2 Å². The zero-order valence-corrected chi connectivity index (χ0v) is 22.7. The van der Waals surface area contributed by atoms with Gasteiger partial charge < -0.3 is 24.2 Å². The number of fused-ring (bicyclic) bond motifs is 1. The lowest BCUT2D eigenvalue weighted by Gasteiger charge is -2.29. The number of nitrogens with one attached hydrogen (secondary N) is 1. The third-order valence-electron chi connectivity index (χ3n) is 6.71. The molecule has 1 saturated carbocycles. The van der Waals surface area contributed by atoms with Crippen molar-refractivity contribution in [3.05, 3.63) is 30.3 Å². The molecule has 202 valence electrons. The first-order valence-electron chi connectivity index (χ1n) is 12.8. The van der Waals surface area contributed by atoms with Crippen LogP contribution in [0.4, 0.5) is 5.82 Å². The summed E-state index contributed by atoms with van der Waals surface area (Å²) in [5.41, 5.74) is 0.722. The Labute approximate surface area is 215 Å². The van der Waals surface area contributed by atoms with Crippen LogP contribution in [0.3, 0.4) is 0 Å². The lowest BCUT2D eigenvalue weighted by molar-refractivity contribution is -0.190. The third kappa shape index (κ3) is 7.36. The molecule has 3 rings (SSSR count). The van der Waals surface area contributed by atoms with Crippen LogP contribution in [-0.4, -0.2) is 77.5 Å². The normalized spacial score (nSPS) is 16.6. The van der Waals surface area contributed by atoms with Gasteiger partial charge in [-0.15, -0.1) is 0 Å². The summed E-state index contributed by atoms with van der Waals surface area (Å²) in [6.07, 6.45) is 3.03. The summed E-state index contributed by atoms with van der Waals surface area (Å²) < 4.78 is 46.2. The molecule has 0 spiro atoms. The topological polar surface area (TPSA) is 110 Å². The van der Waals surface area contributed by atoms with E-state index in [-0.39, 0.29) is 24.0 Å². The molecule has 1 fully saturated rings. The van der Waals surface area contributed by atoms with Crippen molar-refractivity contribution in [2.24, 2.45) is 5.92 Å². The molecule has 9 nitrogen and oxygen atoms in total. The zero-order valence-electron chi connectivity index (χ0n) is 21.9. The van der Waals surface area contributed by atoms with Crippen molar-refractivity contribution in [1.29, 1.82) is 0 Å². The minimum absolute atomic E-state index is 0.00139. The Kier molecular flexibility index (Phi) is 10.9. The second-order valence-corrected chi connectivity index (χ2v) is 11.0. The van der Waals surface area contributed by atoms with E-state index in [0.29, 0.717) is 31.5 Å². The van der Waals surface area contributed by atoms with E-state index >= 15 is 0 Å². The Bertz CT molecular complexity index is 1050. The number of aliphatic hydroxyl groups is 1. The van der Waals surface area contributed by atoms with Crippen LogP contribution in [0.2, 0.25) is 0 Å². The number of rotatable bonds is 15. The number of anilines is 1. The highest BCUT2D eigenvalue weighted by Gasteiger charge is 2.29. The highest BCUT2D eigenvalue weighted by atomic mass is 32.2. The molecule has 1 aliphatic carbocycles. The second kappa shape index (κ2) is 13.6. The Balaban J connectivity index is 1.81. The number of methoxy groups -OCH3 is 1.